The van der Waals surface area contributed by atoms with Gasteiger partial charge < -0.3 is 29.2 Å². The fraction of sp³-hybridized carbons (Fsp3) is 0.483. The van der Waals surface area contributed by atoms with Crippen molar-refractivity contribution in [2.45, 2.75) is 76.2 Å². The van der Waals surface area contributed by atoms with E-state index in [0.717, 1.165) is 43.1 Å². The first-order valence-corrected chi connectivity index (χ1v) is 18.4. The van der Waals surface area contributed by atoms with Crippen molar-refractivity contribution in [1.29, 1.82) is 0 Å². The normalized spacial score (nSPS) is 20.5. The summed E-state index contributed by atoms with van der Waals surface area (Å²) < 4.78 is 9.52. The van der Waals surface area contributed by atoms with Crippen LogP contribution in [-0.2, 0) is 18.5 Å². The molecule has 0 saturated carbocycles. The molecule has 2 saturated heterocycles. The summed E-state index contributed by atoms with van der Waals surface area (Å²) in [6.45, 7) is 7.93. The summed E-state index contributed by atoms with van der Waals surface area (Å²) in [6.07, 6.45) is 7.73. The third kappa shape index (κ3) is 5.38. The van der Waals surface area contributed by atoms with Crippen LogP contribution in [0.15, 0.2) is 35.6 Å². The highest BCUT2D eigenvalue weighted by Gasteiger charge is 2.42. The van der Waals surface area contributed by atoms with Gasteiger partial charge >= 0.3 is 6.09 Å². The van der Waals surface area contributed by atoms with Gasteiger partial charge in [-0.05, 0) is 37.8 Å². The molecule has 0 unspecified atom stereocenters. The van der Waals surface area contributed by atoms with Gasteiger partial charge in [-0.25, -0.2) is 19.7 Å². The average Bonchev–Trinajstić information content (AvgIpc) is 3.41. The van der Waals surface area contributed by atoms with E-state index in [0.29, 0.717) is 46.0 Å². The molecule has 4 aromatic rings. The zero-order valence-corrected chi connectivity index (χ0v) is 26.1. The molecule has 1 amide bonds. The summed E-state index contributed by atoms with van der Waals surface area (Å²) in [4.78, 5) is 40.9. The number of ether oxygens (including phenoxy) is 1. The summed E-state index contributed by atoms with van der Waals surface area (Å²) in [5, 5.41) is 12.6. The molecule has 0 spiro atoms. The number of nitrogens with one attached hydrogen (secondary N) is 1. The molecular weight excluding hydrogens is 574 g/mol. The van der Waals surface area contributed by atoms with Crippen LogP contribution < -0.4 is 15.8 Å². The van der Waals surface area contributed by atoms with E-state index in [1.54, 1.807) is 19.3 Å². The zero-order valence-electron chi connectivity index (χ0n) is 24.3. The Morgan fingerprint density at radius 3 is 2.60 bits per heavy atom. The summed E-state index contributed by atoms with van der Waals surface area (Å²) in [5.74, 6) is 0.777. The van der Waals surface area contributed by atoms with Crippen LogP contribution in [-0.4, -0.2) is 68.1 Å². The number of rotatable bonds is 8. The van der Waals surface area contributed by atoms with E-state index in [2.05, 4.69) is 34.8 Å². The number of aryl methyl sites for hydroxylation is 1. The second-order valence-electron chi connectivity index (χ2n) is 12.7. The van der Waals surface area contributed by atoms with Crippen LogP contribution in [0.5, 0.6) is 0 Å². The van der Waals surface area contributed by atoms with E-state index in [1.807, 2.05) is 16.8 Å². The van der Waals surface area contributed by atoms with Gasteiger partial charge in [-0.3, -0.25) is 4.79 Å². The maximum atomic E-state index is 13.0. The molecule has 3 atom stereocenters. The van der Waals surface area contributed by atoms with Crippen molar-refractivity contribution in [2.75, 3.05) is 11.5 Å². The lowest BCUT2D eigenvalue weighted by Crippen LogP contribution is -2.50. The van der Waals surface area contributed by atoms with Crippen LogP contribution in [0.1, 0.15) is 25.7 Å². The molecule has 5 heterocycles. The molecule has 2 aliphatic rings. The number of carbonyl (C=O) groups is 1. The molecular formula is C29H36ClN7O4Si. The van der Waals surface area contributed by atoms with E-state index in [9.17, 15) is 14.7 Å². The second kappa shape index (κ2) is 11.0. The van der Waals surface area contributed by atoms with Gasteiger partial charge in [-0.2, -0.15) is 0 Å². The molecule has 11 nitrogen and oxygen atoms in total. The Bertz CT molecular complexity index is 1720. The maximum Gasteiger partial charge on any atom is 0.404 e. The Labute approximate surface area is 249 Å². The van der Waals surface area contributed by atoms with E-state index in [-0.39, 0.29) is 23.7 Å². The fourth-order valence-electron chi connectivity index (χ4n) is 6.31. The quantitative estimate of drug-likeness (QED) is 0.209. The maximum absolute atomic E-state index is 13.0. The van der Waals surface area contributed by atoms with Crippen LogP contribution >= 0.6 is 11.6 Å². The van der Waals surface area contributed by atoms with Crippen molar-refractivity contribution in [2.24, 2.45) is 7.05 Å². The fourth-order valence-corrected chi connectivity index (χ4v) is 7.41. The molecule has 3 aromatic heterocycles. The third-order valence-corrected chi connectivity index (χ3v) is 10.5. The van der Waals surface area contributed by atoms with Crippen molar-refractivity contribution in [3.63, 3.8) is 0 Å². The molecule has 2 N–H and O–H groups in total. The zero-order chi connectivity index (χ0) is 29.8. The van der Waals surface area contributed by atoms with Crippen LogP contribution in [0.4, 0.5) is 10.6 Å². The molecule has 42 heavy (non-hydrogen) atoms. The van der Waals surface area contributed by atoms with Crippen LogP contribution in [0.3, 0.4) is 0 Å². The van der Waals surface area contributed by atoms with Gasteiger partial charge in [0, 0.05) is 57.2 Å². The molecule has 222 valence electrons. The second-order valence-corrected chi connectivity index (χ2v) is 18.7. The number of hydrogen-bond donors (Lipinski definition) is 2. The molecule has 1 aromatic carbocycles. The number of benzene rings is 1. The van der Waals surface area contributed by atoms with Crippen molar-refractivity contribution >= 4 is 53.7 Å². The Morgan fingerprint density at radius 1 is 1.17 bits per heavy atom. The predicted octanol–water partition coefficient (Wildman–Crippen LogP) is 5.08. The standard InChI is InChI=1S/C29H36ClN7O4Si/c1-35-15-32-22-8-7-20(25(30)24(22)28(35)38)21-14-36(16-41-9-10-42(2,3)4)27-26(21)31-13-23(34-27)37-18-5-6-19(37)12-17(11-18)33-29(39)40/h7-8,13-15,17-19,33H,5-6,9-12,16H2,1-4H3,(H,39,40)/t17-,18+,19-. The number of amides is 1. The molecule has 2 fully saturated rings. The lowest BCUT2D eigenvalue weighted by molar-refractivity contribution is 0.0899. The van der Waals surface area contributed by atoms with Gasteiger partial charge in [-0.1, -0.05) is 37.3 Å². The molecule has 0 radical (unpaired) electrons. The van der Waals surface area contributed by atoms with Gasteiger partial charge in [0.2, 0.25) is 0 Å². The van der Waals surface area contributed by atoms with Gasteiger partial charge in [-0.15, -0.1) is 0 Å². The van der Waals surface area contributed by atoms with Gasteiger partial charge in [0.15, 0.2) is 5.65 Å². The lowest BCUT2D eigenvalue weighted by Gasteiger charge is -2.39. The van der Waals surface area contributed by atoms with Crippen molar-refractivity contribution in [3.8, 4) is 11.1 Å². The van der Waals surface area contributed by atoms with Crippen LogP contribution in [0.25, 0.3) is 33.2 Å². The van der Waals surface area contributed by atoms with Crippen molar-refractivity contribution < 1.29 is 14.6 Å². The Hall–Kier alpha value is -3.48. The van der Waals surface area contributed by atoms with Crippen LogP contribution in [0, 0.1) is 0 Å². The van der Waals surface area contributed by atoms with E-state index < -0.39 is 14.2 Å². The van der Waals surface area contributed by atoms with E-state index >= 15 is 0 Å². The van der Waals surface area contributed by atoms with Gasteiger partial charge in [0.1, 0.15) is 18.1 Å². The summed E-state index contributed by atoms with van der Waals surface area (Å²) in [7, 11) is 0.393. The average molecular weight is 610 g/mol. The number of nitrogens with zero attached hydrogens (tertiary/aromatic N) is 6. The number of hydrogen-bond acceptors (Lipinski definition) is 7. The first-order chi connectivity index (χ1) is 20.0. The van der Waals surface area contributed by atoms with Gasteiger partial charge in [0.05, 0.1) is 28.4 Å². The first-order valence-electron chi connectivity index (χ1n) is 14.4. The summed E-state index contributed by atoms with van der Waals surface area (Å²) in [5.41, 5.74) is 3.12. The van der Waals surface area contributed by atoms with Gasteiger partial charge in [0.25, 0.3) is 5.56 Å². The molecule has 13 heteroatoms. The number of carboxylic acid groups (broad SMARTS) is 1. The minimum atomic E-state index is -1.26. The minimum Gasteiger partial charge on any atom is -0.465 e. The topological polar surface area (TPSA) is 127 Å². The Kier molecular flexibility index (Phi) is 7.48. The Morgan fingerprint density at radius 2 is 1.90 bits per heavy atom. The summed E-state index contributed by atoms with van der Waals surface area (Å²) in [6, 6.07) is 5.06. The number of aromatic nitrogens is 5. The van der Waals surface area contributed by atoms with Crippen LogP contribution in [0.2, 0.25) is 30.7 Å². The molecule has 6 rings (SSSR count). The first kappa shape index (κ1) is 28.6. The van der Waals surface area contributed by atoms with E-state index in [4.69, 9.17) is 26.3 Å². The predicted molar refractivity (Wildman–Crippen MR) is 166 cm³/mol. The molecule has 2 bridgehead atoms. The third-order valence-electron chi connectivity index (χ3n) is 8.42. The number of anilines is 1. The highest BCUT2D eigenvalue weighted by molar-refractivity contribution is 6.76. The monoisotopic (exact) mass is 609 g/mol. The largest absolute Gasteiger partial charge is 0.465 e. The molecule has 0 aliphatic carbocycles. The lowest BCUT2D eigenvalue weighted by atomic mass is 9.97. The smallest absolute Gasteiger partial charge is 0.404 e. The van der Waals surface area contributed by atoms with Crippen molar-refractivity contribution in [1.82, 2.24) is 29.4 Å². The number of fused-ring (bicyclic) bond motifs is 4. The summed E-state index contributed by atoms with van der Waals surface area (Å²) >= 11 is 6.90. The SMILES string of the molecule is Cn1cnc2ccc(-c3cn(COCC[Si](C)(C)C)c4nc(N5[C@@H]6CC[C@H]5C[C@@H](NC(=O)O)C6)cnc34)c(Cl)c2c1=O. The Balaban J connectivity index is 1.40. The van der Waals surface area contributed by atoms with Crippen molar-refractivity contribution in [3.05, 3.63) is 46.2 Å². The highest BCUT2D eigenvalue weighted by Crippen LogP contribution is 2.41. The number of piperidine rings is 1. The minimum absolute atomic E-state index is 0.0552. The molecule has 2 aliphatic heterocycles. The number of halogens is 1. The highest BCUT2D eigenvalue weighted by atomic mass is 35.5. The van der Waals surface area contributed by atoms with E-state index in [1.165, 1.54) is 10.9 Å².